The first kappa shape index (κ1) is 24.9. The first-order chi connectivity index (χ1) is 17.8. The lowest BCUT2D eigenvalue weighted by Gasteiger charge is -2.14. The summed E-state index contributed by atoms with van der Waals surface area (Å²) in [7, 11) is 0. The van der Waals surface area contributed by atoms with Gasteiger partial charge in [-0.1, -0.05) is 25.1 Å². The second kappa shape index (κ2) is 10.6. The van der Waals surface area contributed by atoms with E-state index in [9.17, 15) is 9.18 Å². The highest BCUT2D eigenvalue weighted by Crippen LogP contribution is 2.25. The molecule has 184 valence electrons. The van der Waals surface area contributed by atoms with Crippen molar-refractivity contribution in [1.82, 2.24) is 29.5 Å². The molecule has 0 bridgehead atoms. The third-order valence-electron chi connectivity index (χ3n) is 5.40. The SMILES string of the molecule is CCc1nc2cccc(-c3cnc(C)nc3)c2c(=O)n1-c1cccc(F)c1.N#Cc1cnc(N)nc1N. The normalized spacial score (nSPS) is 10.4. The predicted octanol–water partition coefficient (Wildman–Crippen LogP) is 3.37. The van der Waals surface area contributed by atoms with Crippen LogP contribution in [0.15, 0.2) is 65.8 Å². The Morgan fingerprint density at radius 1 is 1.03 bits per heavy atom. The Kier molecular flexibility index (Phi) is 7.11. The molecule has 10 nitrogen and oxygen atoms in total. The second-order valence-electron chi connectivity index (χ2n) is 7.86. The number of benzene rings is 2. The summed E-state index contributed by atoms with van der Waals surface area (Å²) in [6.45, 7) is 3.72. The number of rotatable bonds is 3. The van der Waals surface area contributed by atoms with Crippen LogP contribution in [0.4, 0.5) is 16.2 Å². The van der Waals surface area contributed by atoms with Crippen molar-refractivity contribution in [3.05, 3.63) is 94.4 Å². The van der Waals surface area contributed by atoms with E-state index in [2.05, 4.69) is 24.9 Å². The number of nitrogens with two attached hydrogens (primary N) is 2. The zero-order valence-electron chi connectivity index (χ0n) is 20.1. The molecule has 2 aromatic carbocycles. The first-order valence-electron chi connectivity index (χ1n) is 11.2. The molecule has 0 radical (unpaired) electrons. The van der Waals surface area contributed by atoms with Crippen LogP contribution in [0.3, 0.4) is 0 Å². The van der Waals surface area contributed by atoms with Crippen molar-refractivity contribution in [1.29, 1.82) is 5.26 Å². The number of hydrogen-bond donors (Lipinski definition) is 2. The summed E-state index contributed by atoms with van der Waals surface area (Å²) in [6, 6.07) is 13.3. The molecule has 37 heavy (non-hydrogen) atoms. The fraction of sp³-hybridized carbons (Fsp3) is 0.115. The smallest absolute Gasteiger partial charge is 0.266 e. The van der Waals surface area contributed by atoms with Crippen LogP contribution < -0.4 is 17.0 Å². The molecule has 0 fully saturated rings. The Hall–Kier alpha value is -5.24. The van der Waals surface area contributed by atoms with E-state index in [1.54, 1.807) is 31.5 Å². The highest BCUT2D eigenvalue weighted by Gasteiger charge is 2.16. The Bertz CT molecular complexity index is 1690. The quantitative estimate of drug-likeness (QED) is 0.382. The van der Waals surface area contributed by atoms with Gasteiger partial charge in [-0.15, -0.1) is 0 Å². The van der Waals surface area contributed by atoms with E-state index < -0.39 is 5.82 Å². The molecule has 4 N–H and O–H groups in total. The van der Waals surface area contributed by atoms with Crippen LogP contribution in [0.25, 0.3) is 27.7 Å². The molecule has 0 saturated carbocycles. The van der Waals surface area contributed by atoms with Gasteiger partial charge in [-0.05, 0) is 36.8 Å². The number of nitriles is 1. The van der Waals surface area contributed by atoms with E-state index in [-0.39, 0.29) is 22.9 Å². The lowest BCUT2D eigenvalue weighted by atomic mass is 10.0. The zero-order chi connectivity index (χ0) is 26.5. The number of hydrogen-bond acceptors (Lipinski definition) is 9. The van der Waals surface area contributed by atoms with Crippen LogP contribution in [-0.4, -0.2) is 29.5 Å². The molecule has 0 aliphatic carbocycles. The van der Waals surface area contributed by atoms with E-state index >= 15 is 0 Å². The van der Waals surface area contributed by atoms with Crippen LogP contribution in [0, 0.1) is 24.1 Å². The summed E-state index contributed by atoms with van der Waals surface area (Å²) < 4.78 is 15.2. The predicted molar refractivity (Wildman–Crippen MR) is 138 cm³/mol. The number of aryl methyl sites for hydroxylation is 2. The van der Waals surface area contributed by atoms with E-state index in [1.165, 1.54) is 22.9 Å². The van der Waals surface area contributed by atoms with E-state index in [0.717, 1.165) is 5.56 Å². The number of nitrogens with zero attached hydrogens (tertiary/aromatic N) is 7. The molecule has 0 aliphatic heterocycles. The minimum absolute atomic E-state index is 0.0801. The highest BCUT2D eigenvalue weighted by atomic mass is 19.1. The third kappa shape index (κ3) is 5.23. The average molecular weight is 496 g/mol. The molecule has 5 aromatic rings. The van der Waals surface area contributed by atoms with Gasteiger partial charge in [-0.25, -0.2) is 24.3 Å². The summed E-state index contributed by atoms with van der Waals surface area (Å²) in [6.07, 6.45) is 5.21. The Morgan fingerprint density at radius 3 is 2.41 bits per heavy atom. The average Bonchev–Trinajstić information content (AvgIpc) is 2.89. The van der Waals surface area contributed by atoms with Crippen molar-refractivity contribution in [2.45, 2.75) is 20.3 Å². The van der Waals surface area contributed by atoms with Crippen molar-refractivity contribution in [3.8, 4) is 22.9 Å². The highest BCUT2D eigenvalue weighted by molar-refractivity contribution is 5.93. The number of halogens is 1. The lowest BCUT2D eigenvalue weighted by molar-refractivity contribution is 0.625. The van der Waals surface area contributed by atoms with Crippen molar-refractivity contribution in [2.24, 2.45) is 0 Å². The third-order valence-corrected chi connectivity index (χ3v) is 5.40. The Balaban J connectivity index is 0.000000270. The number of fused-ring (bicyclic) bond motifs is 1. The molecule has 5 rings (SSSR count). The van der Waals surface area contributed by atoms with Gasteiger partial charge >= 0.3 is 0 Å². The van der Waals surface area contributed by atoms with Crippen molar-refractivity contribution < 1.29 is 4.39 Å². The van der Waals surface area contributed by atoms with Gasteiger partial charge in [0.1, 0.15) is 34.9 Å². The molecule has 11 heteroatoms. The number of anilines is 2. The van der Waals surface area contributed by atoms with E-state index in [0.29, 0.717) is 40.2 Å². The number of aromatic nitrogens is 6. The zero-order valence-corrected chi connectivity index (χ0v) is 20.1. The van der Waals surface area contributed by atoms with Crippen LogP contribution in [0.5, 0.6) is 0 Å². The molecule has 0 aliphatic rings. The molecule has 0 atom stereocenters. The van der Waals surface area contributed by atoms with Gasteiger partial charge in [0.2, 0.25) is 5.95 Å². The van der Waals surface area contributed by atoms with Gasteiger partial charge in [0.25, 0.3) is 5.56 Å². The molecule has 0 amide bonds. The fourth-order valence-corrected chi connectivity index (χ4v) is 3.66. The molecule has 0 spiro atoms. The first-order valence-corrected chi connectivity index (χ1v) is 11.2. The molecule has 3 heterocycles. The van der Waals surface area contributed by atoms with Gasteiger partial charge < -0.3 is 11.5 Å². The molecular formula is C26H22FN9O. The molecule has 0 unspecified atom stereocenters. The fourth-order valence-electron chi connectivity index (χ4n) is 3.66. The standard InChI is InChI=1S/C21H17FN4O.C5H5N5/c1-3-19-25-18-9-5-8-17(14-11-23-13(2)24-12-14)20(18)21(27)26(19)16-7-4-6-15(22)10-16;6-1-3-2-9-5(8)10-4(3)7/h4-12H,3H2,1-2H3;2H,(H4,7,8,9,10). The summed E-state index contributed by atoms with van der Waals surface area (Å²) in [4.78, 5) is 33.7. The molecule has 0 saturated heterocycles. The minimum Gasteiger partial charge on any atom is -0.382 e. The monoisotopic (exact) mass is 495 g/mol. The Labute approximate surface area is 211 Å². The topological polar surface area (TPSA) is 162 Å². The van der Waals surface area contributed by atoms with E-state index in [1.807, 2.05) is 31.2 Å². The van der Waals surface area contributed by atoms with E-state index in [4.69, 9.17) is 16.7 Å². The number of nitrogen functional groups attached to an aromatic ring is 2. The summed E-state index contributed by atoms with van der Waals surface area (Å²) >= 11 is 0. The van der Waals surface area contributed by atoms with Gasteiger partial charge in [0.15, 0.2) is 0 Å². The van der Waals surface area contributed by atoms with Crippen LogP contribution in [0.2, 0.25) is 0 Å². The largest absolute Gasteiger partial charge is 0.382 e. The minimum atomic E-state index is -0.401. The van der Waals surface area contributed by atoms with Crippen LogP contribution >= 0.6 is 0 Å². The molecule has 3 aromatic heterocycles. The Morgan fingerprint density at radius 2 is 1.76 bits per heavy atom. The maximum atomic E-state index is 13.8. The van der Waals surface area contributed by atoms with Crippen molar-refractivity contribution in [3.63, 3.8) is 0 Å². The van der Waals surface area contributed by atoms with Crippen molar-refractivity contribution in [2.75, 3.05) is 11.5 Å². The van der Waals surface area contributed by atoms with Crippen molar-refractivity contribution >= 4 is 22.7 Å². The van der Waals surface area contributed by atoms with Gasteiger partial charge in [-0.3, -0.25) is 9.36 Å². The summed E-state index contributed by atoms with van der Waals surface area (Å²) in [5.41, 5.74) is 13.0. The van der Waals surface area contributed by atoms with Gasteiger partial charge in [-0.2, -0.15) is 10.2 Å². The molecular weight excluding hydrogens is 473 g/mol. The van der Waals surface area contributed by atoms with Crippen LogP contribution in [0.1, 0.15) is 24.1 Å². The summed E-state index contributed by atoms with van der Waals surface area (Å²) in [5.74, 6) is 1.03. The second-order valence-corrected chi connectivity index (χ2v) is 7.86. The maximum absolute atomic E-state index is 13.8. The lowest BCUT2D eigenvalue weighted by Crippen LogP contribution is -2.24. The van der Waals surface area contributed by atoms with Crippen LogP contribution in [-0.2, 0) is 6.42 Å². The summed E-state index contributed by atoms with van der Waals surface area (Å²) in [5, 5.41) is 8.82. The van der Waals surface area contributed by atoms with Gasteiger partial charge in [0.05, 0.1) is 22.8 Å². The maximum Gasteiger partial charge on any atom is 0.266 e. The van der Waals surface area contributed by atoms with Gasteiger partial charge in [0, 0.05) is 24.4 Å².